The summed E-state index contributed by atoms with van der Waals surface area (Å²) in [6.07, 6.45) is 0. The van der Waals surface area contributed by atoms with Crippen molar-refractivity contribution in [3.8, 4) is 0 Å². The van der Waals surface area contributed by atoms with Gasteiger partial charge in [-0.1, -0.05) is 18.2 Å². The van der Waals surface area contributed by atoms with Gasteiger partial charge in [-0.3, -0.25) is 24.6 Å². The van der Waals surface area contributed by atoms with Gasteiger partial charge in [0, 0.05) is 69.2 Å². The number of piperazine rings is 1. The van der Waals surface area contributed by atoms with Gasteiger partial charge >= 0.3 is 0 Å². The van der Waals surface area contributed by atoms with E-state index in [4.69, 9.17) is 0 Å². The van der Waals surface area contributed by atoms with E-state index in [-0.39, 0.29) is 10.6 Å². The number of rotatable bonds is 5. The Kier molecular flexibility index (Phi) is 5.15. The van der Waals surface area contributed by atoms with Crippen molar-refractivity contribution in [1.29, 1.82) is 0 Å². The monoisotopic (exact) mass is 343 g/mol. The maximum Gasteiger partial charge on any atom is 0.273 e. The Morgan fingerprint density at radius 3 is 2.24 bits per heavy atom. The SMILES string of the molecule is Cc1nn(C)c(C)c1CN1CCN(Cc2ccccc2[N+](=O)[O-])CC1. The van der Waals surface area contributed by atoms with Gasteiger partial charge in [-0.15, -0.1) is 0 Å². The van der Waals surface area contributed by atoms with Gasteiger partial charge in [0.25, 0.3) is 5.69 Å². The van der Waals surface area contributed by atoms with Crippen molar-refractivity contribution in [1.82, 2.24) is 19.6 Å². The first-order valence-corrected chi connectivity index (χ1v) is 8.62. The van der Waals surface area contributed by atoms with Gasteiger partial charge in [0.1, 0.15) is 0 Å². The lowest BCUT2D eigenvalue weighted by atomic mass is 10.1. The largest absolute Gasteiger partial charge is 0.296 e. The molecule has 0 amide bonds. The number of hydrogen-bond acceptors (Lipinski definition) is 5. The number of para-hydroxylation sites is 1. The first-order valence-electron chi connectivity index (χ1n) is 8.62. The van der Waals surface area contributed by atoms with E-state index >= 15 is 0 Å². The highest BCUT2D eigenvalue weighted by Gasteiger charge is 2.22. The second-order valence-corrected chi connectivity index (χ2v) is 6.71. The lowest BCUT2D eigenvalue weighted by Crippen LogP contribution is -2.45. The fourth-order valence-electron chi connectivity index (χ4n) is 3.44. The van der Waals surface area contributed by atoms with Gasteiger partial charge in [0.2, 0.25) is 0 Å². The minimum atomic E-state index is -0.292. The fraction of sp³-hybridized carbons (Fsp3) is 0.500. The van der Waals surface area contributed by atoms with E-state index in [9.17, 15) is 10.1 Å². The van der Waals surface area contributed by atoms with Crippen molar-refractivity contribution in [3.63, 3.8) is 0 Å². The molecule has 134 valence electrons. The van der Waals surface area contributed by atoms with Crippen LogP contribution in [0.15, 0.2) is 24.3 Å². The van der Waals surface area contributed by atoms with Crippen LogP contribution < -0.4 is 0 Å². The minimum Gasteiger partial charge on any atom is -0.296 e. The summed E-state index contributed by atoms with van der Waals surface area (Å²) in [5.74, 6) is 0. The Bertz CT molecular complexity index is 763. The number of nitro groups is 1. The van der Waals surface area contributed by atoms with Crippen molar-refractivity contribution in [2.24, 2.45) is 7.05 Å². The molecule has 0 aliphatic carbocycles. The Morgan fingerprint density at radius 1 is 1.08 bits per heavy atom. The van der Waals surface area contributed by atoms with Crippen LogP contribution in [0.2, 0.25) is 0 Å². The third-order valence-corrected chi connectivity index (χ3v) is 5.09. The quantitative estimate of drug-likeness (QED) is 0.615. The molecule has 7 nitrogen and oxygen atoms in total. The molecule has 1 aromatic heterocycles. The van der Waals surface area contributed by atoms with Crippen molar-refractivity contribution in [3.05, 3.63) is 56.9 Å². The van der Waals surface area contributed by atoms with Crippen LogP contribution in [0.5, 0.6) is 0 Å². The van der Waals surface area contributed by atoms with Gasteiger partial charge in [-0.25, -0.2) is 0 Å². The minimum absolute atomic E-state index is 0.214. The molecule has 0 N–H and O–H groups in total. The predicted octanol–water partition coefficient (Wildman–Crippen LogP) is 2.26. The molecule has 1 fully saturated rings. The van der Waals surface area contributed by atoms with Crippen LogP contribution in [0.4, 0.5) is 5.69 Å². The maximum atomic E-state index is 11.2. The summed E-state index contributed by atoms with van der Waals surface area (Å²) < 4.78 is 1.94. The molecule has 0 spiro atoms. The van der Waals surface area contributed by atoms with Gasteiger partial charge in [0.15, 0.2) is 0 Å². The molecule has 7 heteroatoms. The molecule has 1 saturated heterocycles. The third kappa shape index (κ3) is 3.88. The van der Waals surface area contributed by atoms with Crippen molar-refractivity contribution in [2.45, 2.75) is 26.9 Å². The van der Waals surface area contributed by atoms with Gasteiger partial charge < -0.3 is 0 Å². The van der Waals surface area contributed by atoms with Crippen LogP contribution in [0.3, 0.4) is 0 Å². The second kappa shape index (κ2) is 7.33. The van der Waals surface area contributed by atoms with E-state index in [1.54, 1.807) is 12.1 Å². The highest BCUT2D eigenvalue weighted by molar-refractivity contribution is 5.39. The molecule has 0 radical (unpaired) electrons. The zero-order valence-electron chi connectivity index (χ0n) is 15.1. The third-order valence-electron chi connectivity index (χ3n) is 5.09. The fourth-order valence-corrected chi connectivity index (χ4v) is 3.44. The average molecular weight is 343 g/mol. The molecule has 0 saturated carbocycles. The van der Waals surface area contributed by atoms with E-state index < -0.39 is 0 Å². The smallest absolute Gasteiger partial charge is 0.273 e. The molecule has 2 heterocycles. The first-order chi connectivity index (χ1) is 12.0. The molecule has 2 aromatic rings. The summed E-state index contributed by atoms with van der Waals surface area (Å²) in [4.78, 5) is 15.6. The predicted molar refractivity (Wildman–Crippen MR) is 96.3 cm³/mol. The van der Waals surface area contributed by atoms with Gasteiger partial charge in [0.05, 0.1) is 10.6 Å². The Labute approximate surface area is 148 Å². The van der Waals surface area contributed by atoms with Crippen LogP contribution in [-0.4, -0.2) is 50.7 Å². The maximum absolute atomic E-state index is 11.2. The standard InChI is InChI=1S/C18H25N5O2/c1-14-17(15(2)20(3)19-14)13-22-10-8-21(9-11-22)12-16-6-4-5-7-18(16)23(24)25/h4-7H,8-13H2,1-3H3. The van der Waals surface area contributed by atoms with Crippen molar-refractivity contribution < 1.29 is 4.92 Å². The van der Waals surface area contributed by atoms with Gasteiger partial charge in [-0.05, 0) is 13.8 Å². The number of hydrogen-bond donors (Lipinski definition) is 0. The summed E-state index contributed by atoms with van der Waals surface area (Å²) in [5, 5.41) is 15.6. The molecule has 1 aliphatic heterocycles. The lowest BCUT2D eigenvalue weighted by molar-refractivity contribution is -0.385. The average Bonchev–Trinajstić information content (AvgIpc) is 2.83. The summed E-state index contributed by atoms with van der Waals surface area (Å²) in [5.41, 5.74) is 4.64. The van der Waals surface area contributed by atoms with Gasteiger partial charge in [-0.2, -0.15) is 5.10 Å². The summed E-state index contributed by atoms with van der Waals surface area (Å²) >= 11 is 0. The Balaban J connectivity index is 1.58. The van der Waals surface area contributed by atoms with Crippen molar-refractivity contribution in [2.75, 3.05) is 26.2 Å². The molecule has 0 unspecified atom stereocenters. The topological polar surface area (TPSA) is 67.4 Å². The first kappa shape index (κ1) is 17.6. The molecule has 0 atom stereocenters. The molecular weight excluding hydrogens is 318 g/mol. The van der Waals surface area contributed by atoms with Crippen molar-refractivity contribution >= 4 is 5.69 Å². The summed E-state index contributed by atoms with van der Waals surface area (Å²) in [6.45, 7) is 9.51. The molecular formula is C18H25N5O2. The zero-order chi connectivity index (χ0) is 18.0. The van der Waals surface area contributed by atoms with Crippen LogP contribution in [-0.2, 0) is 20.1 Å². The second-order valence-electron chi connectivity index (χ2n) is 6.71. The molecule has 1 aromatic carbocycles. The highest BCUT2D eigenvalue weighted by Crippen LogP contribution is 2.21. The van der Waals surface area contributed by atoms with E-state index in [1.165, 1.54) is 11.3 Å². The molecule has 3 rings (SSSR count). The van der Waals surface area contributed by atoms with Crippen LogP contribution in [0.25, 0.3) is 0 Å². The number of nitrogens with zero attached hydrogens (tertiary/aromatic N) is 5. The van der Waals surface area contributed by atoms with E-state index in [1.807, 2.05) is 23.9 Å². The highest BCUT2D eigenvalue weighted by atomic mass is 16.6. The van der Waals surface area contributed by atoms with E-state index in [2.05, 4.69) is 28.7 Å². The number of aryl methyl sites for hydroxylation is 2. The zero-order valence-corrected chi connectivity index (χ0v) is 15.1. The summed E-state index contributed by atoms with van der Waals surface area (Å²) in [6, 6.07) is 7.02. The Morgan fingerprint density at radius 2 is 1.68 bits per heavy atom. The molecule has 1 aliphatic rings. The van der Waals surface area contributed by atoms with E-state index in [0.29, 0.717) is 6.54 Å². The van der Waals surface area contributed by atoms with E-state index in [0.717, 1.165) is 44.0 Å². The molecule has 0 bridgehead atoms. The normalized spacial score (nSPS) is 16.3. The summed E-state index contributed by atoms with van der Waals surface area (Å²) in [7, 11) is 1.98. The number of aromatic nitrogens is 2. The molecule has 25 heavy (non-hydrogen) atoms. The lowest BCUT2D eigenvalue weighted by Gasteiger charge is -2.34. The van der Waals surface area contributed by atoms with Crippen LogP contribution >= 0.6 is 0 Å². The van der Waals surface area contributed by atoms with Crippen LogP contribution in [0, 0.1) is 24.0 Å². The Hall–Kier alpha value is -2.25. The van der Waals surface area contributed by atoms with Crippen LogP contribution in [0.1, 0.15) is 22.5 Å². The number of benzene rings is 1. The number of nitro benzene ring substituents is 1.